The molecule has 16 heavy (non-hydrogen) atoms. The Morgan fingerprint density at radius 1 is 1.25 bits per heavy atom. The summed E-state index contributed by atoms with van der Waals surface area (Å²) in [5, 5.41) is 3.53. The van der Waals surface area contributed by atoms with Crippen molar-refractivity contribution in [2.45, 2.75) is 25.3 Å². The monoisotopic (exact) mass is 241 g/mol. The van der Waals surface area contributed by atoms with Crippen LogP contribution in [0.2, 0.25) is 0 Å². The maximum absolute atomic E-state index is 5.53. The molecule has 1 aromatic rings. The van der Waals surface area contributed by atoms with Crippen LogP contribution in [-0.4, -0.2) is 25.8 Å². The summed E-state index contributed by atoms with van der Waals surface area (Å²) in [6.45, 7) is 7.15. The van der Waals surface area contributed by atoms with Gasteiger partial charge in [-0.05, 0) is 5.56 Å². The zero-order chi connectivity index (χ0) is 10.7. The van der Waals surface area contributed by atoms with Crippen LogP contribution in [0.25, 0.3) is 0 Å². The minimum Gasteiger partial charge on any atom is -0.378 e. The Bertz CT molecular complexity index is 307. The number of hydrogen-bond acceptors (Lipinski definition) is 2. The van der Waals surface area contributed by atoms with Crippen molar-refractivity contribution in [2.24, 2.45) is 0 Å². The molecule has 1 atom stereocenters. The molecule has 2 rings (SSSR count). The van der Waals surface area contributed by atoms with E-state index in [0.717, 1.165) is 19.8 Å². The van der Waals surface area contributed by atoms with Gasteiger partial charge in [0, 0.05) is 18.0 Å². The van der Waals surface area contributed by atoms with Crippen LogP contribution in [0.3, 0.4) is 0 Å². The van der Waals surface area contributed by atoms with Gasteiger partial charge in [-0.2, -0.15) is 0 Å². The normalized spacial score (nSPS) is 21.2. The molecule has 1 heterocycles. The van der Waals surface area contributed by atoms with Crippen molar-refractivity contribution < 1.29 is 4.74 Å². The molecule has 0 aliphatic carbocycles. The minimum atomic E-state index is 0. The fraction of sp³-hybridized carbons (Fsp3) is 0.538. The summed E-state index contributed by atoms with van der Waals surface area (Å²) in [4.78, 5) is 0. The van der Waals surface area contributed by atoms with Crippen LogP contribution >= 0.6 is 12.4 Å². The number of morpholine rings is 1. The molecule has 1 aliphatic heterocycles. The molecule has 1 saturated heterocycles. The number of benzene rings is 1. The lowest BCUT2D eigenvalue weighted by molar-refractivity contribution is 0.0537. The molecular formula is C13H20ClNO. The van der Waals surface area contributed by atoms with Crippen molar-refractivity contribution in [3.63, 3.8) is 0 Å². The molecule has 1 aliphatic rings. The second-order valence-corrected chi connectivity index (χ2v) is 4.67. The Morgan fingerprint density at radius 2 is 1.94 bits per heavy atom. The Labute approximate surface area is 104 Å². The average molecular weight is 242 g/mol. The van der Waals surface area contributed by atoms with E-state index in [0.29, 0.717) is 6.04 Å². The van der Waals surface area contributed by atoms with E-state index in [1.54, 1.807) is 0 Å². The predicted molar refractivity (Wildman–Crippen MR) is 69.3 cm³/mol. The lowest BCUT2D eigenvalue weighted by atomic mass is 9.77. The third-order valence-corrected chi connectivity index (χ3v) is 3.31. The van der Waals surface area contributed by atoms with Gasteiger partial charge in [0.1, 0.15) is 0 Å². The summed E-state index contributed by atoms with van der Waals surface area (Å²) in [6, 6.07) is 11.0. The lowest BCUT2D eigenvalue weighted by Gasteiger charge is -2.38. The first-order chi connectivity index (χ1) is 7.21. The molecule has 2 nitrogen and oxygen atoms in total. The van der Waals surface area contributed by atoms with Crippen molar-refractivity contribution in [3.8, 4) is 0 Å². The Hall–Kier alpha value is -0.570. The third-order valence-electron chi connectivity index (χ3n) is 3.31. The van der Waals surface area contributed by atoms with E-state index < -0.39 is 0 Å². The second-order valence-electron chi connectivity index (χ2n) is 4.67. The first-order valence-corrected chi connectivity index (χ1v) is 5.58. The SMILES string of the molecule is CC(C)(c1ccccc1)C1COCCN1.Cl. The van der Waals surface area contributed by atoms with Crippen LogP contribution in [0.4, 0.5) is 0 Å². The molecule has 1 N–H and O–H groups in total. The molecule has 0 amide bonds. The summed E-state index contributed by atoms with van der Waals surface area (Å²) in [7, 11) is 0. The molecule has 0 bridgehead atoms. The van der Waals surface area contributed by atoms with Gasteiger partial charge in [-0.25, -0.2) is 0 Å². The molecule has 90 valence electrons. The topological polar surface area (TPSA) is 21.3 Å². The molecule has 1 fully saturated rings. The zero-order valence-corrected chi connectivity index (χ0v) is 10.7. The average Bonchev–Trinajstić information content (AvgIpc) is 2.31. The smallest absolute Gasteiger partial charge is 0.0628 e. The Kier molecular flexibility index (Phi) is 4.78. The highest BCUT2D eigenvalue weighted by Crippen LogP contribution is 2.27. The molecule has 0 aromatic heterocycles. The largest absolute Gasteiger partial charge is 0.378 e. The lowest BCUT2D eigenvalue weighted by Crippen LogP contribution is -2.52. The van der Waals surface area contributed by atoms with Crippen molar-refractivity contribution in [3.05, 3.63) is 35.9 Å². The van der Waals surface area contributed by atoms with E-state index >= 15 is 0 Å². The fourth-order valence-corrected chi connectivity index (χ4v) is 2.10. The summed E-state index contributed by atoms with van der Waals surface area (Å²) in [6.07, 6.45) is 0. The summed E-state index contributed by atoms with van der Waals surface area (Å²) in [5.74, 6) is 0. The summed E-state index contributed by atoms with van der Waals surface area (Å²) < 4.78 is 5.53. The van der Waals surface area contributed by atoms with Gasteiger partial charge >= 0.3 is 0 Å². The van der Waals surface area contributed by atoms with Crippen molar-refractivity contribution in [1.82, 2.24) is 5.32 Å². The maximum atomic E-state index is 5.53. The molecule has 0 radical (unpaired) electrons. The predicted octanol–water partition coefficient (Wildman–Crippen LogP) is 2.37. The highest BCUT2D eigenvalue weighted by molar-refractivity contribution is 5.85. The van der Waals surface area contributed by atoms with Gasteiger partial charge in [-0.3, -0.25) is 0 Å². The number of hydrogen-bond donors (Lipinski definition) is 1. The highest BCUT2D eigenvalue weighted by Gasteiger charge is 2.32. The van der Waals surface area contributed by atoms with Gasteiger partial charge < -0.3 is 10.1 Å². The van der Waals surface area contributed by atoms with E-state index in [2.05, 4.69) is 49.5 Å². The number of nitrogens with one attached hydrogen (secondary N) is 1. The van der Waals surface area contributed by atoms with Gasteiger partial charge in [0.2, 0.25) is 0 Å². The summed E-state index contributed by atoms with van der Waals surface area (Å²) >= 11 is 0. The van der Waals surface area contributed by atoms with E-state index in [1.165, 1.54) is 5.56 Å². The van der Waals surface area contributed by atoms with Gasteiger partial charge in [-0.15, -0.1) is 12.4 Å². The number of ether oxygens (including phenoxy) is 1. The van der Waals surface area contributed by atoms with E-state index in [9.17, 15) is 0 Å². The summed E-state index contributed by atoms with van der Waals surface area (Å²) in [5.41, 5.74) is 1.50. The number of rotatable bonds is 2. The molecule has 3 heteroatoms. The van der Waals surface area contributed by atoms with Gasteiger partial charge in [0.05, 0.1) is 13.2 Å². The van der Waals surface area contributed by atoms with Gasteiger partial charge in [-0.1, -0.05) is 44.2 Å². The molecule has 0 spiro atoms. The zero-order valence-electron chi connectivity index (χ0n) is 9.90. The molecular weight excluding hydrogens is 222 g/mol. The second kappa shape index (κ2) is 5.67. The van der Waals surface area contributed by atoms with Gasteiger partial charge in [0.15, 0.2) is 0 Å². The minimum absolute atomic E-state index is 0. The first-order valence-electron chi connectivity index (χ1n) is 5.58. The molecule has 1 aromatic carbocycles. The highest BCUT2D eigenvalue weighted by atomic mass is 35.5. The Balaban J connectivity index is 0.00000128. The third kappa shape index (κ3) is 2.76. The first kappa shape index (κ1) is 13.5. The van der Waals surface area contributed by atoms with Crippen LogP contribution in [0.1, 0.15) is 19.4 Å². The van der Waals surface area contributed by atoms with Crippen LogP contribution in [0, 0.1) is 0 Å². The van der Waals surface area contributed by atoms with Crippen molar-refractivity contribution >= 4 is 12.4 Å². The quantitative estimate of drug-likeness (QED) is 0.859. The molecule has 1 unspecified atom stereocenters. The maximum Gasteiger partial charge on any atom is 0.0628 e. The van der Waals surface area contributed by atoms with Crippen molar-refractivity contribution in [1.29, 1.82) is 0 Å². The number of halogens is 1. The van der Waals surface area contributed by atoms with Crippen LogP contribution in [0.15, 0.2) is 30.3 Å². The fourth-order valence-electron chi connectivity index (χ4n) is 2.10. The van der Waals surface area contributed by atoms with Crippen molar-refractivity contribution in [2.75, 3.05) is 19.8 Å². The van der Waals surface area contributed by atoms with Crippen LogP contribution in [0.5, 0.6) is 0 Å². The standard InChI is InChI=1S/C13H19NO.ClH/c1-13(2,11-6-4-3-5-7-11)12-10-15-9-8-14-12;/h3-7,12,14H,8-10H2,1-2H3;1H. The van der Waals surface area contributed by atoms with E-state index in [4.69, 9.17) is 4.74 Å². The van der Waals surface area contributed by atoms with Crippen LogP contribution < -0.4 is 5.32 Å². The van der Waals surface area contributed by atoms with E-state index in [-0.39, 0.29) is 17.8 Å². The van der Waals surface area contributed by atoms with E-state index in [1.807, 2.05) is 0 Å². The van der Waals surface area contributed by atoms with Crippen LogP contribution in [-0.2, 0) is 10.2 Å². The van der Waals surface area contributed by atoms with Gasteiger partial charge in [0.25, 0.3) is 0 Å². The Morgan fingerprint density at radius 3 is 2.50 bits per heavy atom. The molecule has 0 saturated carbocycles.